The van der Waals surface area contributed by atoms with Gasteiger partial charge >= 0.3 is 0 Å². The summed E-state index contributed by atoms with van der Waals surface area (Å²) >= 11 is 0. The van der Waals surface area contributed by atoms with Crippen molar-refractivity contribution in [3.8, 4) is 5.75 Å². The first-order valence-corrected chi connectivity index (χ1v) is 7.13. The molecule has 1 saturated carbocycles. The second-order valence-corrected chi connectivity index (χ2v) is 5.67. The van der Waals surface area contributed by atoms with E-state index in [9.17, 15) is 4.79 Å². The van der Waals surface area contributed by atoms with Gasteiger partial charge in [-0.15, -0.1) is 0 Å². The summed E-state index contributed by atoms with van der Waals surface area (Å²) < 4.78 is 5.21. The zero-order chi connectivity index (χ0) is 13.2. The van der Waals surface area contributed by atoms with Gasteiger partial charge in [-0.3, -0.25) is 4.79 Å². The molecule has 2 atom stereocenters. The van der Waals surface area contributed by atoms with Crippen LogP contribution in [0.1, 0.15) is 43.6 Å². The molecule has 0 radical (unpaired) electrons. The Balaban J connectivity index is 1.74. The van der Waals surface area contributed by atoms with Crippen molar-refractivity contribution in [3.05, 3.63) is 41.5 Å². The Bertz CT molecular complexity index is 498. The van der Waals surface area contributed by atoms with Crippen LogP contribution in [-0.4, -0.2) is 12.9 Å². The fourth-order valence-electron chi connectivity index (χ4n) is 3.43. The topological polar surface area (TPSA) is 26.3 Å². The van der Waals surface area contributed by atoms with E-state index in [4.69, 9.17) is 4.74 Å². The van der Waals surface area contributed by atoms with Crippen LogP contribution in [0, 0.1) is 5.92 Å². The van der Waals surface area contributed by atoms with Gasteiger partial charge in [0.25, 0.3) is 0 Å². The lowest BCUT2D eigenvalue weighted by Crippen LogP contribution is -2.21. The monoisotopic (exact) mass is 256 g/mol. The van der Waals surface area contributed by atoms with E-state index in [1.807, 2.05) is 18.2 Å². The molecule has 100 valence electrons. The van der Waals surface area contributed by atoms with Crippen LogP contribution < -0.4 is 4.74 Å². The largest absolute Gasteiger partial charge is 0.497 e. The molecule has 2 heteroatoms. The molecule has 0 saturated heterocycles. The molecule has 2 nitrogen and oxygen atoms in total. The Labute approximate surface area is 114 Å². The Kier molecular flexibility index (Phi) is 3.41. The number of ketones is 1. The van der Waals surface area contributed by atoms with Crippen LogP contribution >= 0.6 is 0 Å². The molecule has 1 aromatic carbocycles. The van der Waals surface area contributed by atoms with Gasteiger partial charge < -0.3 is 4.74 Å². The van der Waals surface area contributed by atoms with Crippen molar-refractivity contribution in [2.75, 3.05) is 7.11 Å². The van der Waals surface area contributed by atoms with Gasteiger partial charge in [-0.25, -0.2) is 0 Å². The summed E-state index contributed by atoms with van der Waals surface area (Å²) in [4.78, 5) is 11.4. The third kappa shape index (κ3) is 2.58. The van der Waals surface area contributed by atoms with Crippen LogP contribution in [0.5, 0.6) is 5.75 Å². The van der Waals surface area contributed by atoms with Crippen LogP contribution in [0.25, 0.3) is 0 Å². The van der Waals surface area contributed by atoms with Gasteiger partial charge in [-0.2, -0.15) is 0 Å². The first-order chi connectivity index (χ1) is 9.26. The molecule has 0 aromatic heterocycles. The third-order valence-corrected chi connectivity index (χ3v) is 4.55. The molecule has 19 heavy (non-hydrogen) atoms. The minimum atomic E-state index is 0.328. The first kappa shape index (κ1) is 12.5. The van der Waals surface area contributed by atoms with Crippen molar-refractivity contribution < 1.29 is 9.53 Å². The molecule has 0 unspecified atom stereocenters. The molecular weight excluding hydrogens is 236 g/mol. The van der Waals surface area contributed by atoms with Gasteiger partial charge in [0.2, 0.25) is 0 Å². The predicted molar refractivity (Wildman–Crippen MR) is 75.4 cm³/mol. The first-order valence-electron chi connectivity index (χ1n) is 7.13. The van der Waals surface area contributed by atoms with Gasteiger partial charge in [0.05, 0.1) is 7.11 Å². The van der Waals surface area contributed by atoms with Crippen LogP contribution in [0.3, 0.4) is 0 Å². The Morgan fingerprint density at radius 3 is 2.53 bits per heavy atom. The van der Waals surface area contributed by atoms with Gasteiger partial charge in [-0.05, 0) is 61.3 Å². The van der Waals surface area contributed by atoms with Gasteiger partial charge in [-0.1, -0.05) is 17.7 Å². The highest BCUT2D eigenvalue weighted by atomic mass is 16.5. The maximum atomic E-state index is 11.4. The number of ether oxygens (including phenoxy) is 1. The summed E-state index contributed by atoms with van der Waals surface area (Å²) in [6, 6.07) is 8.47. The average molecular weight is 256 g/mol. The third-order valence-electron chi connectivity index (χ3n) is 4.55. The van der Waals surface area contributed by atoms with Gasteiger partial charge in [0, 0.05) is 6.42 Å². The van der Waals surface area contributed by atoms with Crippen molar-refractivity contribution in [1.29, 1.82) is 0 Å². The highest BCUT2D eigenvalue weighted by molar-refractivity contribution is 5.91. The molecule has 2 aliphatic rings. The van der Waals surface area contributed by atoms with E-state index in [-0.39, 0.29) is 0 Å². The average Bonchev–Trinajstić information content (AvgIpc) is 2.47. The predicted octanol–water partition coefficient (Wildman–Crippen LogP) is 3.87. The van der Waals surface area contributed by atoms with E-state index in [0.717, 1.165) is 25.0 Å². The zero-order valence-corrected chi connectivity index (χ0v) is 11.4. The van der Waals surface area contributed by atoms with E-state index in [2.05, 4.69) is 12.1 Å². The van der Waals surface area contributed by atoms with Gasteiger partial charge in [0.15, 0.2) is 5.78 Å². The molecule has 0 spiro atoms. The van der Waals surface area contributed by atoms with Crippen LogP contribution in [-0.2, 0) is 4.79 Å². The van der Waals surface area contributed by atoms with E-state index >= 15 is 0 Å². The zero-order valence-electron chi connectivity index (χ0n) is 11.4. The fourth-order valence-corrected chi connectivity index (χ4v) is 3.43. The summed E-state index contributed by atoms with van der Waals surface area (Å²) in [7, 11) is 1.70. The fraction of sp³-hybridized carbons (Fsp3) is 0.471. The quantitative estimate of drug-likeness (QED) is 0.803. The normalized spacial score (nSPS) is 26.6. The summed E-state index contributed by atoms with van der Waals surface area (Å²) in [5, 5.41) is 0. The molecular formula is C17H20O2. The van der Waals surface area contributed by atoms with Gasteiger partial charge in [0.1, 0.15) is 5.75 Å². The summed E-state index contributed by atoms with van der Waals surface area (Å²) in [6.45, 7) is 0. The minimum absolute atomic E-state index is 0.328. The summed E-state index contributed by atoms with van der Waals surface area (Å²) in [5.41, 5.74) is 2.82. The highest BCUT2D eigenvalue weighted by Crippen LogP contribution is 2.43. The SMILES string of the molecule is COc1ccc([C@H]2CCC3=CC(=O)CC[C@H]3C2)cc1. The van der Waals surface area contributed by atoms with Crippen LogP contribution in [0.15, 0.2) is 35.9 Å². The van der Waals surface area contributed by atoms with Crippen molar-refractivity contribution in [1.82, 2.24) is 0 Å². The summed E-state index contributed by atoms with van der Waals surface area (Å²) in [6.07, 6.45) is 7.17. The van der Waals surface area contributed by atoms with E-state index < -0.39 is 0 Å². The lowest BCUT2D eigenvalue weighted by molar-refractivity contribution is -0.115. The molecule has 0 N–H and O–H groups in total. The number of allylic oxidation sites excluding steroid dienone is 2. The lowest BCUT2D eigenvalue weighted by atomic mass is 9.71. The lowest BCUT2D eigenvalue weighted by Gasteiger charge is -2.34. The van der Waals surface area contributed by atoms with E-state index in [1.165, 1.54) is 24.0 Å². The molecule has 0 bridgehead atoms. The number of rotatable bonds is 2. The molecule has 0 aliphatic heterocycles. The standard InChI is InChI=1S/C17H20O2/c1-19-17-8-5-12(6-9-17)13-2-3-15-11-16(18)7-4-14(15)10-13/h5-6,8-9,11,13-14H,2-4,7,10H2,1H3/t13-,14-/m0/s1. The number of carbonyl (C=O) groups excluding carboxylic acids is 1. The summed E-state index contributed by atoms with van der Waals surface area (Å²) in [5.74, 6) is 2.53. The molecule has 0 heterocycles. The molecule has 0 amide bonds. The van der Waals surface area contributed by atoms with Crippen LogP contribution in [0.2, 0.25) is 0 Å². The number of fused-ring (bicyclic) bond motifs is 1. The molecule has 1 aromatic rings. The molecule has 1 fully saturated rings. The van der Waals surface area contributed by atoms with Crippen LogP contribution in [0.4, 0.5) is 0 Å². The molecule has 3 rings (SSSR count). The molecule has 2 aliphatic carbocycles. The van der Waals surface area contributed by atoms with E-state index in [1.54, 1.807) is 7.11 Å². The second kappa shape index (κ2) is 5.20. The number of carbonyl (C=O) groups is 1. The number of benzene rings is 1. The van der Waals surface area contributed by atoms with E-state index in [0.29, 0.717) is 17.6 Å². The number of methoxy groups -OCH3 is 1. The smallest absolute Gasteiger partial charge is 0.155 e. The maximum Gasteiger partial charge on any atom is 0.155 e. The Morgan fingerprint density at radius 2 is 1.79 bits per heavy atom. The van der Waals surface area contributed by atoms with Crippen molar-refractivity contribution >= 4 is 5.78 Å². The second-order valence-electron chi connectivity index (χ2n) is 5.67. The van der Waals surface area contributed by atoms with Crippen molar-refractivity contribution in [2.24, 2.45) is 5.92 Å². The Morgan fingerprint density at radius 1 is 1.05 bits per heavy atom. The number of hydrogen-bond acceptors (Lipinski definition) is 2. The maximum absolute atomic E-state index is 11.4. The van der Waals surface area contributed by atoms with Crippen molar-refractivity contribution in [2.45, 2.75) is 38.0 Å². The Hall–Kier alpha value is -1.57. The minimum Gasteiger partial charge on any atom is -0.497 e. The van der Waals surface area contributed by atoms with Crippen molar-refractivity contribution in [3.63, 3.8) is 0 Å². The highest BCUT2D eigenvalue weighted by Gasteiger charge is 2.29. The number of hydrogen-bond donors (Lipinski definition) is 0.